The molecule has 1 fully saturated rings. The SMILES string of the molecule is Cc1nccc([C@H]2CN(c3ccncn3)CCO2)n1. The van der Waals surface area contributed by atoms with Gasteiger partial charge in [0, 0.05) is 18.9 Å². The van der Waals surface area contributed by atoms with Crippen LogP contribution in [0.15, 0.2) is 30.9 Å². The van der Waals surface area contributed by atoms with E-state index in [1.165, 1.54) is 0 Å². The first-order valence-corrected chi connectivity index (χ1v) is 6.25. The molecule has 0 aliphatic carbocycles. The molecule has 0 aromatic carbocycles. The van der Waals surface area contributed by atoms with Crippen LogP contribution >= 0.6 is 0 Å². The van der Waals surface area contributed by atoms with Gasteiger partial charge >= 0.3 is 0 Å². The zero-order valence-electron chi connectivity index (χ0n) is 10.7. The number of aryl methyl sites for hydroxylation is 1. The van der Waals surface area contributed by atoms with Gasteiger partial charge in [0.15, 0.2) is 0 Å². The highest BCUT2D eigenvalue weighted by Crippen LogP contribution is 2.23. The van der Waals surface area contributed by atoms with E-state index < -0.39 is 0 Å². The third-order valence-electron chi connectivity index (χ3n) is 3.08. The van der Waals surface area contributed by atoms with E-state index in [1.54, 1.807) is 18.7 Å². The summed E-state index contributed by atoms with van der Waals surface area (Å²) in [6.07, 6.45) is 5.05. The van der Waals surface area contributed by atoms with Crippen LogP contribution in [0.3, 0.4) is 0 Å². The fraction of sp³-hybridized carbons (Fsp3) is 0.385. The molecule has 19 heavy (non-hydrogen) atoms. The fourth-order valence-electron chi connectivity index (χ4n) is 2.16. The molecular weight excluding hydrogens is 242 g/mol. The average molecular weight is 257 g/mol. The molecule has 1 saturated heterocycles. The Labute approximate surface area is 111 Å². The molecule has 98 valence electrons. The van der Waals surface area contributed by atoms with Crippen LogP contribution in [0.2, 0.25) is 0 Å². The minimum atomic E-state index is -0.0367. The number of ether oxygens (including phenoxy) is 1. The van der Waals surface area contributed by atoms with Gasteiger partial charge < -0.3 is 9.64 Å². The normalized spacial score (nSPS) is 19.4. The molecule has 0 saturated carbocycles. The van der Waals surface area contributed by atoms with Gasteiger partial charge in [-0.3, -0.25) is 0 Å². The van der Waals surface area contributed by atoms with Crippen molar-refractivity contribution in [3.8, 4) is 0 Å². The van der Waals surface area contributed by atoms with Crippen molar-refractivity contribution in [2.75, 3.05) is 24.6 Å². The van der Waals surface area contributed by atoms with Crippen molar-refractivity contribution in [2.45, 2.75) is 13.0 Å². The number of hydrogen-bond acceptors (Lipinski definition) is 6. The Kier molecular flexibility index (Phi) is 3.33. The van der Waals surface area contributed by atoms with E-state index in [0.29, 0.717) is 6.61 Å². The van der Waals surface area contributed by atoms with Crippen LogP contribution in [-0.4, -0.2) is 39.6 Å². The topological polar surface area (TPSA) is 64.0 Å². The zero-order valence-corrected chi connectivity index (χ0v) is 10.7. The monoisotopic (exact) mass is 257 g/mol. The Morgan fingerprint density at radius 1 is 1.26 bits per heavy atom. The summed E-state index contributed by atoms with van der Waals surface area (Å²) < 4.78 is 5.80. The van der Waals surface area contributed by atoms with Gasteiger partial charge in [-0.15, -0.1) is 0 Å². The molecule has 0 amide bonds. The largest absolute Gasteiger partial charge is 0.368 e. The Hall–Kier alpha value is -2.08. The lowest BCUT2D eigenvalue weighted by molar-refractivity contribution is 0.0365. The summed E-state index contributed by atoms with van der Waals surface area (Å²) in [4.78, 5) is 18.9. The first kappa shape index (κ1) is 12.0. The van der Waals surface area contributed by atoms with Crippen molar-refractivity contribution in [1.82, 2.24) is 19.9 Å². The molecule has 2 aromatic heterocycles. The predicted octanol–water partition coefficient (Wildman–Crippen LogP) is 1.15. The Morgan fingerprint density at radius 3 is 3.00 bits per heavy atom. The third kappa shape index (κ3) is 2.68. The minimum absolute atomic E-state index is 0.0367. The summed E-state index contributed by atoms with van der Waals surface area (Å²) in [7, 11) is 0. The smallest absolute Gasteiger partial charge is 0.132 e. The second-order valence-electron chi connectivity index (χ2n) is 4.40. The van der Waals surface area contributed by atoms with E-state index in [0.717, 1.165) is 30.4 Å². The second kappa shape index (κ2) is 5.27. The van der Waals surface area contributed by atoms with E-state index in [-0.39, 0.29) is 6.10 Å². The minimum Gasteiger partial charge on any atom is -0.368 e. The number of hydrogen-bond donors (Lipinski definition) is 0. The van der Waals surface area contributed by atoms with Crippen molar-refractivity contribution in [3.05, 3.63) is 42.4 Å². The van der Waals surface area contributed by atoms with Gasteiger partial charge in [0.05, 0.1) is 18.8 Å². The molecule has 1 aliphatic rings. The number of nitrogens with zero attached hydrogens (tertiary/aromatic N) is 5. The van der Waals surface area contributed by atoms with Crippen LogP contribution in [0, 0.1) is 6.92 Å². The van der Waals surface area contributed by atoms with Crippen molar-refractivity contribution >= 4 is 5.82 Å². The molecule has 2 aromatic rings. The molecule has 0 bridgehead atoms. The quantitative estimate of drug-likeness (QED) is 0.804. The lowest BCUT2D eigenvalue weighted by Crippen LogP contribution is -2.39. The molecule has 6 nitrogen and oxygen atoms in total. The molecule has 1 aliphatic heterocycles. The van der Waals surface area contributed by atoms with Crippen molar-refractivity contribution in [2.24, 2.45) is 0 Å². The molecule has 1 atom stereocenters. The average Bonchev–Trinajstić information content (AvgIpc) is 2.48. The molecule has 3 rings (SSSR count). The van der Waals surface area contributed by atoms with E-state index in [1.807, 2.05) is 19.1 Å². The van der Waals surface area contributed by atoms with Gasteiger partial charge in [-0.2, -0.15) is 0 Å². The lowest BCUT2D eigenvalue weighted by atomic mass is 10.2. The maximum atomic E-state index is 5.80. The predicted molar refractivity (Wildman–Crippen MR) is 69.7 cm³/mol. The maximum absolute atomic E-state index is 5.80. The summed E-state index contributed by atoms with van der Waals surface area (Å²) in [5.41, 5.74) is 0.922. The highest BCUT2D eigenvalue weighted by Gasteiger charge is 2.23. The first-order chi connectivity index (χ1) is 9.33. The Balaban J connectivity index is 1.78. The highest BCUT2D eigenvalue weighted by molar-refractivity contribution is 5.37. The molecule has 6 heteroatoms. The van der Waals surface area contributed by atoms with Crippen LogP contribution in [0.4, 0.5) is 5.82 Å². The number of rotatable bonds is 2. The van der Waals surface area contributed by atoms with Gasteiger partial charge in [-0.1, -0.05) is 0 Å². The van der Waals surface area contributed by atoms with Gasteiger partial charge in [0.25, 0.3) is 0 Å². The van der Waals surface area contributed by atoms with E-state index in [2.05, 4.69) is 24.8 Å². The standard InChI is InChI=1S/C13H15N5O/c1-10-15-5-2-11(17-10)12-8-18(6-7-19-12)13-3-4-14-9-16-13/h2-5,9,12H,6-8H2,1H3/t12-/m1/s1. The van der Waals surface area contributed by atoms with E-state index in [4.69, 9.17) is 4.74 Å². The Morgan fingerprint density at radius 2 is 2.21 bits per heavy atom. The summed E-state index contributed by atoms with van der Waals surface area (Å²) in [6, 6.07) is 3.81. The maximum Gasteiger partial charge on any atom is 0.132 e. The van der Waals surface area contributed by atoms with Gasteiger partial charge in [-0.25, -0.2) is 19.9 Å². The van der Waals surface area contributed by atoms with Crippen molar-refractivity contribution < 1.29 is 4.74 Å². The number of morpholine rings is 1. The third-order valence-corrected chi connectivity index (χ3v) is 3.08. The molecular formula is C13H15N5O. The Bertz CT molecular complexity index is 548. The molecule has 0 radical (unpaired) electrons. The molecule has 0 N–H and O–H groups in total. The fourth-order valence-corrected chi connectivity index (χ4v) is 2.16. The van der Waals surface area contributed by atoms with Crippen LogP contribution in [0.5, 0.6) is 0 Å². The lowest BCUT2D eigenvalue weighted by Gasteiger charge is -2.33. The second-order valence-corrected chi connectivity index (χ2v) is 4.40. The molecule has 3 heterocycles. The number of anilines is 1. The zero-order chi connectivity index (χ0) is 13.1. The van der Waals surface area contributed by atoms with Gasteiger partial charge in [-0.05, 0) is 19.1 Å². The van der Waals surface area contributed by atoms with Crippen LogP contribution in [0.1, 0.15) is 17.6 Å². The van der Waals surface area contributed by atoms with Gasteiger partial charge in [0.2, 0.25) is 0 Å². The number of aromatic nitrogens is 4. The summed E-state index contributed by atoms with van der Waals surface area (Å²) in [5.74, 6) is 1.69. The van der Waals surface area contributed by atoms with Crippen LogP contribution in [-0.2, 0) is 4.74 Å². The summed E-state index contributed by atoms with van der Waals surface area (Å²) in [5, 5.41) is 0. The first-order valence-electron chi connectivity index (χ1n) is 6.25. The van der Waals surface area contributed by atoms with Crippen LogP contribution in [0.25, 0.3) is 0 Å². The molecule has 0 spiro atoms. The van der Waals surface area contributed by atoms with E-state index >= 15 is 0 Å². The summed E-state index contributed by atoms with van der Waals surface area (Å²) >= 11 is 0. The van der Waals surface area contributed by atoms with Gasteiger partial charge in [0.1, 0.15) is 24.1 Å². The van der Waals surface area contributed by atoms with Crippen LogP contribution < -0.4 is 4.90 Å². The van der Waals surface area contributed by atoms with E-state index in [9.17, 15) is 0 Å². The summed E-state index contributed by atoms with van der Waals surface area (Å²) in [6.45, 7) is 4.12. The van der Waals surface area contributed by atoms with Crippen molar-refractivity contribution in [1.29, 1.82) is 0 Å². The van der Waals surface area contributed by atoms with Crippen molar-refractivity contribution in [3.63, 3.8) is 0 Å². The highest BCUT2D eigenvalue weighted by atomic mass is 16.5. The molecule has 0 unspecified atom stereocenters.